The van der Waals surface area contributed by atoms with Crippen LogP contribution in [0.5, 0.6) is 0 Å². The van der Waals surface area contributed by atoms with Crippen LogP contribution in [0.25, 0.3) is 0 Å². The number of pyridine rings is 1. The first-order chi connectivity index (χ1) is 5.65. The van der Waals surface area contributed by atoms with Crippen LogP contribution in [0, 0.1) is 0 Å². The summed E-state index contributed by atoms with van der Waals surface area (Å²) < 4.78 is 0. The van der Waals surface area contributed by atoms with E-state index >= 15 is 0 Å². The lowest BCUT2D eigenvalue weighted by Crippen LogP contribution is -2.15. The van der Waals surface area contributed by atoms with Gasteiger partial charge in [0.05, 0.1) is 11.3 Å². The molecule has 0 saturated carbocycles. The predicted molar refractivity (Wildman–Crippen MR) is 42.5 cm³/mol. The van der Waals surface area contributed by atoms with E-state index in [1.807, 2.05) is 0 Å². The van der Waals surface area contributed by atoms with Gasteiger partial charge in [-0.05, 0) is 12.1 Å². The van der Waals surface area contributed by atoms with Gasteiger partial charge in [0.2, 0.25) is 0 Å². The molecule has 1 aromatic heterocycles. The quantitative estimate of drug-likeness (QED) is 0.509. The Morgan fingerprint density at radius 3 is 2.58 bits per heavy atom. The fourth-order valence-corrected chi connectivity index (χ4v) is 0.783. The summed E-state index contributed by atoms with van der Waals surface area (Å²) in [7, 11) is 0. The second-order valence-corrected chi connectivity index (χ2v) is 2.33. The van der Waals surface area contributed by atoms with Gasteiger partial charge in [-0.3, -0.25) is 14.4 Å². The zero-order valence-electron chi connectivity index (χ0n) is 6.46. The minimum Gasteiger partial charge on any atom is -0.319 e. The van der Waals surface area contributed by atoms with Crippen LogP contribution in [0.3, 0.4) is 0 Å². The van der Waals surface area contributed by atoms with Crippen LogP contribution in [0.2, 0.25) is 0 Å². The second-order valence-electron chi connectivity index (χ2n) is 2.33. The third kappa shape index (κ3) is 1.47. The van der Waals surface area contributed by atoms with E-state index in [9.17, 15) is 14.4 Å². The van der Waals surface area contributed by atoms with Crippen molar-refractivity contribution in [3.05, 3.63) is 33.7 Å². The number of aromatic amines is 1. The Morgan fingerprint density at radius 1 is 1.50 bits per heavy atom. The van der Waals surface area contributed by atoms with Crippen LogP contribution in [0.15, 0.2) is 16.9 Å². The lowest BCUT2D eigenvalue weighted by atomic mass is 10.2. The number of nitrogens with one attached hydrogen (secondary N) is 1. The summed E-state index contributed by atoms with van der Waals surface area (Å²) >= 11 is 0. The molecule has 0 radical (unpaired) electrons. The molecule has 0 unspecified atom stereocenters. The average molecular weight is 165 g/mol. The van der Waals surface area contributed by atoms with Crippen molar-refractivity contribution in [3.63, 3.8) is 0 Å². The first kappa shape index (κ1) is 8.39. The van der Waals surface area contributed by atoms with Gasteiger partial charge in [-0.15, -0.1) is 0 Å². The second kappa shape index (κ2) is 3.13. The molecule has 1 aromatic rings. The van der Waals surface area contributed by atoms with Crippen molar-refractivity contribution < 1.29 is 9.59 Å². The van der Waals surface area contributed by atoms with Gasteiger partial charge in [-0.2, -0.15) is 0 Å². The largest absolute Gasteiger partial charge is 0.319 e. The van der Waals surface area contributed by atoms with E-state index in [1.54, 1.807) is 0 Å². The van der Waals surface area contributed by atoms with Gasteiger partial charge in [-0.25, -0.2) is 0 Å². The first-order valence-corrected chi connectivity index (χ1v) is 3.34. The van der Waals surface area contributed by atoms with Crippen molar-refractivity contribution in [2.75, 3.05) is 0 Å². The number of hydrogen-bond donors (Lipinski definition) is 1. The molecule has 12 heavy (non-hydrogen) atoms. The molecule has 0 saturated heterocycles. The molecule has 0 spiro atoms. The summed E-state index contributed by atoms with van der Waals surface area (Å²) in [6.45, 7) is 1.34. The van der Waals surface area contributed by atoms with Crippen molar-refractivity contribution in [1.82, 2.24) is 4.98 Å². The third-order valence-electron chi connectivity index (χ3n) is 1.45. The van der Waals surface area contributed by atoms with E-state index in [4.69, 9.17) is 0 Å². The zero-order valence-corrected chi connectivity index (χ0v) is 6.46. The summed E-state index contributed by atoms with van der Waals surface area (Å²) in [6, 6.07) is 2.73. The molecule has 0 atom stereocenters. The number of ketones is 1. The van der Waals surface area contributed by atoms with Crippen molar-refractivity contribution >= 4 is 12.1 Å². The molecule has 62 valence electrons. The van der Waals surface area contributed by atoms with Crippen LogP contribution < -0.4 is 5.56 Å². The maximum Gasteiger partial charge on any atom is 0.259 e. The molecule has 4 nitrogen and oxygen atoms in total. The SMILES string of the molecule is CC(=O)c1ccc(C=O)c(=O)[nH]1. The van der Waals surface area contributed by atoms with E-state index in [-0.39, 0.29) is 17.0 Å². The van der Waals surface area contributed by atoms with E-state index in [0.29, 0.717) is 6.29 Å². The van der Waals surface area contributed by atoms with Crippen LogP contribution in [-0.2, 0) is 0 Å². The molecule has 0 fully saturated rings. The molecule has 0 bridgehead atoms. The van der Waals surface area contributed by atoms with Crippen molar-refractivity contribution in [3.8, 4) is 0 Å². The fourth-order valence-electron chi connectivity index (χ4n) is 0.783. The maximum atomic E-state index is 10.9. The van der Waals surface area contributed by atoms with Crippen molar-refractivity contribution in [1.29, 1.82) is 0 Å². The van der Waals surface area contributed by atoms with Crippen molar-refractivity contribution in [2.45, 2.75) is 6.92 Å². The Hall–Kier alpha value is -1.71. The summed E-state index contributed by atoms with van der Waals surface area (Å²) in [5, 5.41) is 0. The maximum absolute atomic E-state index is 10.9. The monoisotopic (exact) mass is 165 g/mol. The predicted octanol–water partition coefficient (Wildman–Crippen LogP) is 0.390. The smallest absolute Gasteiger partial charge is 0.259 e. The normalized spacial score (nSPS) is 9.42. The van der Waals surface area contributed by atoms with E-state index in [1.165, 1.54) is 19.1 Å². The number of carbonyl (C=O) groups is 2. The first-order valence-electron chi connectivity index (χ1n) is 3.34. The Morgan fingerprint density at radius 2 is 2.17 bits per heavy atom. The molecular weight excluding hydrogens is 158 g/mol. The molecule has 0 amide bonds. The number of hydrogen-bond acceptors (Lipinski definition) is 3. The third-order valence-corrected chi connectivity index (χ3v) is 1.45. The number of H-pyrrole nitrogens is 1. The minimum atomic E-state index is -0.530. The molecule has 0 aromatic carbocycles. The lowest BCUT2D eigenvalue weighted by Gasteiger charge is -1.94. The highest BCUT2D eigenvalue weighted by atomic mass is 16.1. The van der Waals surface area contributed by atoms with Gasteiger partial charge < -0.3 is 4.98 Å². The van der Waals surface area contributed by atoms with Gasteiger partial charge in [0.1, 0.15) is 0 Å². The number of aromatic nitrogens is 1. The Labute approximate surface area is 68.2 Å². The molecule has 0 aliphatic carbocycles. The Kier molecular flexibility index (Phi) is 2.19. The number of aldehydes is 1. The molecule has 0 aliphatic heterocycles. The Bertz CT molecular complexity index is 378. The van der Waals surface area contributed by atoms with Gasteiger partial charge in [-0.1, -0.05) is 0 Å². The molecule has 1 heterocycles. The number of carbonyl (C=O) groups excluding carboxylic acids is 2. The van der Waals surface area contributed by atoms with Gasteiger partial charge in [0.15, 0.2) is 12.1 Å². The summed E-state index contributed by atoms with van der Waals surface area (Å²) in [6.07, 6.45) is 0.447. The number of rotatable bonds is 2. The van der Waals surface area contributed by atoms with Crippen LogP contribution in [0.1, 0.15) is 27.8 Å². The molecule has 4 heteroatoms. The highest BCUT2D eigenvalue weighted by molar-refractivity contribution is 5.92. The van der Waals surface area contributed by atoms with Crippen LogP contribution >= 0.6 is 0 Å². The Balaban J connectivity index is 3.28. The minimum absolute atomic E-state index is 0.0278. The average Bonchev–Trinajstić information content (AvgIpc) is 2.04. The van der Waals surface area contributed by atoms with Gasteiger partial charge in [0, 0.05) is 6.92 Å². The zero-order chi connectivity index (χ0) is 9.14. The molecular formula is C8H7NO3. The van der Waals surface area contributed by atoms with Gasteiger partial charge in [0.25, 0.3) is 5.56 Å². The summed E-state index contributed by atoms with van der Waals surface area (Å²) in [4.78, 5) is 34.2. The van der Waals surface area contributed by atoms with Crippen molar-refractivity contribution in [2.24, 2.45) is 0 Å². The lowest BCUT2D eigenvalue weighted by molar-refractivity contribution is 0.101. The standard InChI is InChI=1S/C8H7NO3/c1-5(11)7-3-2-6(4-10)8(12)9-7/h2-4H,1H3,(H,9,12). The van der Waals surface area contributed by atoms with E-state index < -0.39 is 5.56 Å². The molecule has 1 rings (SSSR count). The highest BCUT2D eigenvalue weighted by Crippen LogP contribution is 1.93. The van der Waals surface area contributed by atoms with Crippen LogP contribution in [-0.4, -0.2) is 17.1 Å². The van der Waals surface area contributed by atoms with Gasteiger partial charge >= 0.3 is 0 Å². The molecule has 1 N–H and O–H groups in total. The fraction of sp³-hybridized carbons (Fsp3) is 0.125. The summed E-state index contributed by atoms with van der Waals surface area (Å²) in [5.74, 6) is -0.232. The topological polar surface area (TPSA) is 67.0 Å². The van der Waals surface area contributed by atoms with Crippen LogP contribution in [0.4, 0.5) is 0 Å². The highest BCUT2D eigenvalue weighted by Gasteiger charge is 2.02. The van der Waals surface area contributed by atoms with E-state index in [2.05, 4.69) is 4.98 Å². The molecule has 0 aliphatic rings. The number of Topliss-reactive ketones (excluding diaryl/α,β-unsaturated/α-hetero) is 1. The summed E-state index contributed by atoms with van der Waals surface area (Å²) in [5.41, 5.74) is -0.289. The van der Waals surface area contributed by atoms with E-state index in [0.717, 1.165) is 0 Å².